The van der Waals surface area contributed by atoms with Crippen molar-refractivity contribution < 1.29 is 32.5 Å². The topological polar surface area (TPSA) is 74.5 Å². The molecule has 3 aliphatic rings. The maximum absolute atomic E-state index is 13.3. The summed E-state index contributed by atoms with van der Waals surface area (Å²) in [5.74, 6) is 0.778. The van der Waals surface area contributed by atoms with E-state index in [1.54, 1.807) is 12.3 Å². The number of fused-ring (bicyclic) bond motifs is 1. The Labute approximate surface area is 225 Å². The summed E-state index contributed by atoms with van der Waals surface area (Å²) in [6.07, 6.45) is 7.87. The molecule has 0 unspecified atom stereocenters. The number of likely N-dealkylation sites (tertiary alicyclic amines) is 1. The lowest BCUT2D eigenvalue weighted by Crippen LogP contribution is -2.44. The summed E-state index contributed by atoms with van der Waals surface area (Å²) < 4.78 is 50.1. The second kappa shape index (κ2) is 10.7. The van der Waals surface area contributed by atoms with Gasteiger partial charge in [-0.1, -0.05) is 0 Å². The average Bonchev–Trinajstić information content (AvgIpc) is 3.43. The number of alkyl halides is 2. The summed E-state index contributed by atoms with van der Waals surface area (Å²) in [4.78, 5) is 19.9. The zero-order valence-corrected chi connectivity index (χ0v) is 22.0. The molecule has 2 aromatic heterocycles. The molecule has 4 heterocycles. The predicted molar refractivity (Wildman–Crippen MR) is 140 cm³/mol. The van der Waals surface area contributed by atoms with Gasteiger partial charge < -0.3 is 23.8 Å². The molecular weight excluding hydrogens is 508 g/mol. The number of ether oxygens (including phenoxy) is 4. The van der Waals surface area contributed by atoms with Gasteiger partial charge in [-0.05, 0) is 56.3 Å². The van der Waals surface area contributed by atoms with Crippen molar-refractivity contribution in [2.45, 2.75) is 38.7 Å². The van der Waals surface area contributed by atoms with E-state index in [2.05, 4.69) is 9.88 Å². The molecule has 10 heteroatoms. The highest BCUT2D eigenvalue weighted by atomic mass is 19.3. The lowest BCUT2D eigenvalue weighted by atomic mass is 9.85. The summed E-state index contributed by atoms with van der Waals surface area (Å²) in [7, 11) is 1.42. The molecule has 1 aliphatic carbocycles. The van der Waals surface area contributed by atoms with Gasteiger partial charge >= 0.3 is 6.61 Å². The molecule has 1 aromatic carbocycles. The van der Waals surface area contributed by atoms with Crippen LogP contribution in [0.2, 0.25) is 0 Å². The average molecular weight is 542 g/mol. The molecule has 2 aliphatic heterocycles. The number of rotatable bonds is 12. The monoisotopic (exact) mass is 541 g/mol. The van der Waals surface area contributed by atoms with Crippen molar-refractivity contribution in [3.05, 3.63) is 42.2 Å². The molecule has 0 N–H and O–H groups in total. The molecule has 0 bridgehead atoms. The second-order valence-corrected chi connectivity index (χ2v) is 11.0. The van der Waals surface area contributed by atoms with Crippen molar-refractivity contribution in [2.75, 3.05) is 46.6 Å². The van der Waals surface area contributed by atoms with E-state index in [1.807, 2.05) is 22.7 Å². The molecule has 208 valence electrons. The first-order valence-corrected chi connectivity index (χ1v) is 13.5. The highest BCUT2D eigenvalue weighted by Gasteiger charge is 2.44. The van der Waals surface area contributed by atoms with Crippen LogP contribution < -0.4 is 14.2 Å². The number of hydrogen-bond donors (Lipinski definition) is 0. The second-order valence-electron chi connectivity index (χ2n) is 11.0. The molecule has 3 fully saturated rings. The first kappa shape index (κ1) is 26.0. The van der Waals surface area contributed by atoms with Crippen LogP contribution in [0.3, 0.4) is 0 Å². The van der Waals surface area contributed by atoms with Crippen LogP contribution in [0.5, 0.6) is 17.2 Å². The van der Waals surface area contributed by atoms with Crippen molar-refractivity contribution in [1.29, 1.82) is 0 Å². The summed E-state index contributed by atoms with van der Waals surface area (Å²) >= 11 is 0. The quantitative estimate of drug-likeness (QED) is 0.234. The van der Waals surface area contributed by atoms with Crippen LogP contribution in [-0.4, -0.2) is 73.2 Å². The largest absolute Gasteiger partial charge is 0.496 e. The fraction of sp³-hybridized carbons (Fsp3) is 0.517. The Hall–Kier alpha value is -3.24. The first-order valence-electron chi connectivity index (χ1n) is 13.5. The van der Waals surface area contributed by atoms with E-state index >= 15 is 0 Å². The Bertz CT molecular complexity index is 1350. The van der Waals surface area contributed by atoms with Gasteiger partial charge in [-0.15, -0.1) is 0 Å². The third-order valence-corrected chi connectivity index (χ3v) is 7.95. The number of carbonyl (C=O) groups is 1. The highest BCUT2D eigenvalue weighted by molar-refractivity contribution is 6.02. The normalized spacial score (nSPS) is 18.6. The van der Waals surface area contributed by atoms with Gasteiger partial charge in [0, 0.05) is 42.8 Å². The smallest absolute Gasteiger partial charge is 0.387 e. The minimum Gasteiger partial charge on any atom is -0.496 e. The Balaban J connectivity index is 1.16. The number of carbonyl (C=O) groups excluding carboxylic acids is 1. The Morgan fingerprint density at radius 2 is 2.05 bits per heavy atom. The van der Waals surface area contributed by atoms with E-state index < -0.39 is 6.61 Å². The van der Waals surface area contributed by atoms with Crippen LogP contribution in [0, 0.1) is 11.3 Å². The Kier molecular flexibility index (Phi) is 7.16. The third-order valence-electron chi connectivity index (χ3n) is 7.95. The van der Waals surface area contributed by atoms with Gasteiger partial charge in [0.05, 0.1) is 38.8 Å². The molecule has 1 spiro atoms. The fourth-order valence-corrected chi connectivity index (χ4v) is 5.64. The molecular formula is C29H33F2N3O5. The standard InChI is InChI=1S/C29H33F2N3O5/c1-36-24-12-20(13-25(39-28(30)31)27(24)23(35)11-19-3-4-19)22-15-32-26-14-21(5-8-34(22)26)38-10-2-7-33-9-6-29(16-33)17-37-18-29/h5,8,12-15,19,28H,2-4,6-7,9-11,16-18H2,1H3. The zero-order chi connectivity index (χ0) is 27.0. The van der Waals surface area contributed by atoms with Crippen molar-refractivity contribution in [3.63, 3.8) is 0 Å². The molecule has 6 rings (SSSR count). The molecule has 0 amide bonds. The minimum atomic E-state index is -3.07. The number of benzene rings is 1. The summed E-state index contributed by atoms with van der Waals surface area (Å²) in [5.41, 5.74) is 2.30. The first-order chi connectivity index (χ1) is 18.9. The number of Topliss-reactive ketones (excluding diaryl/α,β-unsaturated/α-hetero) is 1. The van der Waals surface area contributed by atoms with Crippen LogP contribution in [0.15, 0.2) is 36.7 Å². The number of nitrogens with zero attached hydrogens (tertiary/aromatic N) is 3. The van der Waals surface area contributed by atoms with Crippen LogP contribution in [0.25, 0.3) is 16.9 Å². The number of methoxy groups -OCH3 is 1. The number of pyridine rings is 1. The summed E-state index contributed by atoms with van der Waals surface area (Å²) in [6, 6.07) is 6.84. The SMILES string of the molecule is COc1cc(-c2cnc3cc(OCCCN4CCC5(COC5)C4)ccn23)cc(OC(F)F)c1C(=O)CC1CC1. The van der Waals surface area contributed by atoms with Crippen molar-refractivity contribution >= 4 is 11.4 Å². The van der Waals surface area contributed by atoms with Crippen molar-refractivity contribution in [2.24, 2.45) is 11.3 Å². The maximum Gasteiger partial charge on any atom is 0.387 e. The molecule has 1 saturated carbocycles. The number of aromatic nitrogens is 2. The molecule has 0 atom stereocenters. The van der Waals surface area contributed by atoms with Crippen LogP contribution in [0.1, 0.15) is 42.5 Å². The van der Waals surface area contributed by atoms with Gasteiger partial charge in [0.1, 0.15) is 28.5 Å². The molecule has 0 radical (unpaired) electrons. The van der Waals surface area contributed by atoms with E-state index in [0.717, 1.165) is 52.1 Å². The van der Waals surface area contributed by atoms with E-state index in [-0.39, 0.29) is 22.8 Å². The molecule has 39 heavy (non-hydrogen) atoms. The maximum atomic E-state index is 13.3. The van der Waals surface area contributed by atoms with Crippen LogP contribution >= 0.6 is 0 Å². The van der Waals surface area contributed by atoms with Crippen molar-refractivity contribution in [1.82, 2.24) is 14.3 Å². The lowest BCUT2D eigenvalue weighted by molar-refractivity contribution is -0.105. The van der Waals surface area contributed by atoms with E-state index in [1.165, 1.54) is 19.6 Å². The van der Waals surface area contributed by atoms with E-state index in [0.29, 0.717) is 47.0 Å². The predicted octanol–water partition coefficient (Wildman–Crippen LogP) is 5.09. The van der Waals surface area contributed by atoms with Gasteiger partial charge in [-0.2, -0.15) is 8.78 Å². The van der Waals surface area contributed by atoms with Crippen molar-refractivity contribution in [3.8, 4) is 28.5 Å². The summed E-state index contributed by atoms with van der Waals surface area (Å²) in [6.45, 7) is 2.55. The zero-order valence-electron chi connectivity index (χ0n) is 22.0. The van der Waals surface area contributed by atoms with Gasteiger partial charge in [-0.25, -0.2) is 4.98 Å². The number of imidazole rings is 1. The fourth-order valence-electron chi connectivity index (χ4n) is 5.64. The van der Waals surface area contributed by atoms with Gasteiger partial charge in [0.2, 0.25) is 0 Å². The summed E-state index contributed by atoms with van der Waals surface area (Å²) in [5, 5.41) is 0. The minimum absolute atomic E-state index is 0.0584. The number of halogens is 2. The van der Waals surface area contributed by atoms with E-state index in [4.69, 9.17) is 18.9 Å². The van der Waals surface area contributed by atoms with Crippen LogP contribution in [-0.2, 0) is 4.74 Å². The lowest BCUT2D eigenvalue weighted by Gasteiger charge is -2.37. The highest BCUT2D eigenvalue weighted by Crippen LogP contribution is 2.41. The Morgan fingerprint density at radius 1 is 1.23 bits per heavy atom. The molecule has 3 aromatic rings. The van der Waals surface area contributed by atoms with Gasteiger partial charge in [0.25, 0.3) is 0 Å². The Morgan fingerprint density at radius 3 is 2.74 bits per heavy atom. The number of hydrogen-bond acceptors (Lipinski definition) is 7. The van der Waals surface area contributed by atoms with Gasteiger partial charge in [0.15, 0.2) is 5.78 Å². The third kappa shape index (κ3) is 5.58. The number of ketones is 1. The molecule has 2 saturated heterocycles. The van der Waals surface area contributed by atoms with Crippen LogP contribution in [0.4, 0.5) is 8.78 Å². The van der Waals surface area contributed by atoms with Gasteiger partial charge in [-0.3, -0.25) is 9.20 Å². The van der Waals surface area contributed by atoms with E-state index in [9.17, 15) is 13.6 Å². The molecule has 8 nitrogen and oxygen atoms in total.